The number of hydrogen-bond donors (Lipinski definition) is 0. The predicted octanol–water partition coefficient (Wildman–Crippen LogP) is 8.71. The molecule has 0 amide bonds. The summed E-state index contributed by atoms with van der Waals surface area (Å²) in [5.74, 6) is 0.957. The van der Waals surface area contributed by atoms with Crippen LogP contribution in [-0.2, 0) is 0 Å². The summed E-state index contributed by atoms with van der Waals surface area (Å²) in [5, 5.41) is 0. The molecule has 1 unspecified atom stereocenters. The van der Waals surface area contributed by atoms with Crippen molar-refractivity contribution >= 4 is 22.6 Å². The van der Waals surface area contributed by atoms with Gasteiger partial charge in [0.25, 0.3) is 0 Å². The van der Waals surface area contributed by atoms with Gasteiger partial charge in [0, 0.05) is 0 Å². The topological polar surface area (TPSA) is 0 Å². The van der Waals surface area contributed by atoms with Crippen molar-refractivity contribution in [3.63, 3.8) is 0 Å². The summed E-state index contributed by atoms with van der Waals surface area (Å²) >= 11 is 2.51. The molecule has 0 aliphatic carbocycles. The van der Waals surface area contributed by atoms with Crippen LogP contribution in [0, 0.1) is 5.92 Å². The van der Waals surface area contributed by atoms with Crippen molar-refractivity contribution in [1.29, 1.82) is 0 Å². The van der Waals surface area contributed by atoms with Crippen molar-refractivity contribution in [3.8, 4) is 0 Å². The largest absolute Gasteiger partial charge is 0.0864 e. The van der Waals surface area contributed by atoms with Crippen molar-refractivity contribution < 1.29 is 0 Å². The highest BCUT2D eigenvalue weighted by Crippen LogP contribution is 2.16. The number of alkyl halides is 1. The van der Waals surface area contributed by atoms with Gasteiger partial charge >= 0.3 is 0 Å². The molecule has 134 valence electrons. The first kappa shape index (κ1) is 22.7. The Kier molecular flexibility index (Phi) is 20.4. The van der Waals surface area contributed by atoms with Crippen LogP contribution in [0.5, 0.6) is 0 Å². The molecular formula is C21H43I. The lowest BCUT2D eigenvalue weighted by molar-refractivity contribution is 0.472. The van der Waals surface area contributed by atoms with Crippen LogP contribution in [0.3, 0.4) is 0 Å². The summed E-state index contributed by atoms with van der Waals surface area (Å²) in [7, 11) is 0. The van der Waals surface area contributed by atoms with E-state index in [0.29, 0.717) is 0 Å². The molecule has 1 heteroatoms. The fourth-order valence-corrected chi connectivity index (χ4v) is 4.26. The third kappa shape index (κ3) is 18.8. The van der Waals surface area contributed by atoms with E-state index in [1.807, 2.05) is 0 Å². The van der Waals surface area contributed by atoms with Gasteiger partial charge in [-0.1, -0.05) is 139 Å². The molecule has 0 aromatic heterocycles. The Hall–Kier alpha value is 0.730. The zero-order chi connectivity index (χ0) is 16.3. The maximum Gasteiger partial charge on any atom is -0.000219 e. The van der Waals surface area contributed by atoms with Crippen molar-refractivity contribution in [3.05, 3.63) is 0 Å². The number of halogens is 1. The Balaban J connectivity index is 3.00. The monoisotopic (exact) mass is 422 g/mol. The van der Waals surface area contributed by atoms with Crippen LogP contribution in [0.4, 0.5) is 0 Å². The predicted molar refractivity (Wildman–Crippen MR) is 112 cm³/mol. The molecule has 0 saturated carbocycles. The number of unbranched alkanes of at least 4 members (excludes halogenated alkanes) is 14. The van der Waals surface area contributed by atoms with E-state index in [-0.39, 0.29) is 0 Å². The molecule has 0 aromatic carbocycles. The Morgan fingerprint density at radius 2 is 0.909 bits per heavy atom. The van der Waals surface area contributed by atoms with Crippen molar-refractivity contribution in [2.75, 3.05) is 4.43 Å². The third-order valence-corrected chi connectivity index (χ3v) is 5.53. The van der Waals surface area contributed by atoms with Crippen molar-refractivity contribution in [2.45, 2.75) is 123 Å². The van der Waals surface area contributed by atoms with Gasteiger partial charge < -0.3 is 0 Å². The quantitative estimate of drug-likeness (QED) is 0.118. The molecule has 0 aliphatic rings. The number of rotatable bonds is 18. The summed E-state index contributed by atoms with van der Waals surface area (Å²) in [5.41, 5.74) is 0. The molecule has 0 spiro atoms. The first-order valence-corrected chi connectivity index (χ1v) is 11.9. The highest BCUT2D eigenvalue weighted by molar-refractivity contribution is 14.1. The van der Waals surface area contributed by atoms with Crippen LogP contribution in [-0.4, -0.2) is 4.43 Å². The fraction of sp³-hybridized carbons (Fsp3) is 1.00. The highest BCUT2D eigenvalue weighted by atomic mass is 127. The van der Waals surface area contributed by atoms with E-state index in [9.17, 15) is 0 Å². The second-order valence-electron chi connectivity index (χ2n) is 7.32. The fourth-order valence-electron chi connectivity index (χ4n) is 3.19. The van der Waals surface area contributed by atoms with E-state index in [1.165, 1.54) is 114 Å². The first-order valence-electron chi connectivity index (χ1n) is 10.4. The van der Waals surface area contributed by atoms with Gasteiger partial charge in [0.2, 0.25) is 0 Å². The van der Waals surface area contributed by atoms with E-state index >= 15 is 0 Å². The summed E-state index contributed by atoms with van der Waals surface area (Å²) in [4.78, 5) is 0. The van der Waals surface area contributed by atoms with Gasteiger partial charge in [-0.15, -0.1) is 0 Å². The molecule has 0 bridgehead atoms. The Morgan fingerprint density at radius 3 is 1.27 bits per heavy atom. The van der Waals surface area contributed by atoms with Crippen LogP contribution < -0.4 is 0 Å². The summed E-state index contributed by atoms with van der Waals surface area (Å²) in [6.07, 6.45) is 24.9. The first-order chi connectivity index (χ1) is 10.8. The smallest absolute Gasteiger partial charge is 0.000219 e. The lowest BCUT2D eigenvalue weighted by atomic mass is 9.99. The molecule has 1 atom stereocenters. The van der Waals surface area contributed by atoms with Crippen LogP contribution in [0.25, 0.3) is 0 Å². The molecule has 0 rings (SSSR count). The van der Waals surface area contributed by atoms with E-state index in [4.69, 9.17) is 0 Å². The third-order valence-electron chi connectivity index (χ3n) is 4.90. The van der Waals surface area contributed by atoms with Crippen LogP contribution >= 0.6 is 22.6 Å². The SMILES string of the molecule is CCCCCCCCCCCCCCCCCC(C)CCI. The van der Waals surface area contributed by atoms with Gasteiger partial charge in [-0.25, -0.2) is 0 Å². The van der Waals surface area contributed by atoms with Gasteiger partial charge in [-0.05, 0) is 16.8 Å². The maximum atomic E-state index is 2.51. The van der Waals surface area contributed by atoms with Crippen LogP contribution in [0.2, 0.25) is 0 Å². The Morgan fingerprint density at radius 1 is 0.545 bits per heavy atom. The molecule has 0 fully saturated rings. The normalized spacial score (nSPS) is 12.7. The zero-order valence-electron chi connectivity index (χ0n) is 15.7. The molecule has 0 aromatic rings. The molecule has 0 heterocycles. The minimum atomic E-state index is 0.957. The second kappa shape index (κ2) is 19.8. The Bertz CT molecular complexity index is 190. The average Bonchev–Trinajstić information content (AvgIpc) is 2.51. The van der Waals surface area contributed by atoms with Crippen LogP contribution in [0.1, 0.15) is 123 Å². The molecule has 22 heavy (non-hydrogen) atoms. The molecular weight excluding hydrogens is 379 g/mol. The minimum Gasteiger partial charge on any atom is -0.0864 e. The van der Waals surface area contributed by atoms with Crippen molar-refractivity contribution in [1.82, 2.24) is 0 Å². The molecule has 0 N–H and O–H groups in total. The molecule has 0 radical (unpaired) electrons. The highest BCUT2D eigenvalue weighted by Gasteiger charge is 2.00. The van der Waals surface area contributed by atoms with E-state index in [0.717, 1.165) is 5.92 Å². The molecule has 0 nitrogen and oxygen atoms in total. The van der Waals surface area contributed by atoms with Gasteiger partial charge in [0.15, 0.2) is 0 Å². The van der Waals surface area contributed by atoms with Crippen molar-refractivity contribution in [2.24, 2.45) is 5.92 Å². The van der Waals surface area contributed by atoms with Gasteiger partial charge in [-0.2, -0.15) is 0 Å². The molecule has 0 saturated heterocycles. The second-order valence-corrected chi connectivity index (χ2v) is 8.40. The summed E-state index contributed by atoms with van der Waals surface area (Å²) < 4.78 is 1.33. The van der Waals surface area contributed by atoms with Gasteiger partial charge in [-0.3, -0.25) is 0 Å². The maximum absolute atomic E-state index is 2.51. The van der Waals surface area contributed by atoms with E-state index in [1.54, 1.807) is 0 Å². The van der Waals surface area contributed by atoms with Gasteiger partial charge in [0.05, 0.1) is 0 Å². The summed E-state index contributed by atoms with van der Waals surface area (Å²) in [6, 6.07) is 0. The lowest BCUT2D eigenvalue weighted by Gasteiger charge is -2.08. The number of hydrogen-bond acceptors (Lipinski definition) is 0. The standard InChI is InChI=1S/C21H43I/c1-3-4-5-6-7-8-9-10-11-12-13-14-15-16-17-18-21(2)19-20-22/h21H,3-20H2,1-2H3. The summed E-state index contributed by atoms with van der Waals surface area (Å²) in [6.45, 7) is 4.72. The minimum absolute atomic E-state index is 0.957. The zero-order valence-corrected chi connectivity index (χ0v) is 17.8. The van der Waals surface area contributed by atoms with Crippen LogP contribution in [0.15, 0.2) is 0 Å². The van der Waals surface area contributed by atoms with E-state index < -0.39 is 0 Å². The average molecular weight is 422 g/mol. The lowest BCUT2D eigenvalue weighted by Crippen LogP contribution is -1.95. The Labute approximate surface area is 155 Å². The van der Waals surface area contributed by atoms with E-state index in [2.05, 4.69) is 36.4 Å². The molecule has 0 aliphatic heterocycles. The van der Waals surface area contributed by atoms with Gasteiger partial charge in [0.1, 0.15) is 0 Å².